The van der Waals surface area contributed by atoms with E-state index >= 15 is 0 Å². The molecule has 2 heterocycles. The number of carbonyl (C=O) groups excluding carboxylic acids is 1. The molecule has 1 aliphatic rings. The summed E-state index contributed by atoms with van der Waals surface area (Å²) in [5.41, 5.74) is 5.15. The van der Waals surface area contributed by atoms with Gasteiger partial charge in [0.2, 0.25) is 15.8 Å². The zero-order chi connectivity index (χ0) is 24.0. The normalized spacial score (nSPS) is 15.6. The largest absolute Gasteiger partial charge is 0.396 e. The minimum Gasteiger partial charge on any atom is -0.396 e. The van der Waals surface area contributed by atoms with Crippen LogP contribution in [0.15, 0.2) is 18.2 Å². The van der Waals surface area contributed by atoms with Crippen LogP contribution in [0.2, 0.25) is 0 Å². The summed E-state index contributed by atoms with van der Waals surface area (Å²) in [6.07, 6.45) is 1.63. The second kappa shape index (κ2) is 11.3. The van der Waals surface area contributed by atoms with Crippen molar-refractivity contribution in [3.63, 3.8) is 0 Å². The number of nitrogen functional groups attached to an aromatic ring is 1. The smallest absolute Gasteiger partial charge is 0.215 e. The maximum Gasteiger partial charge on any atom is 0.215 e. The van der Waals surface area contributed by atoms with Gasteiger partial charge in [-0.15, -0.1) is 0 Å². The van der Waals surface area contributed by atoms with Crippen LogP contribution < -0.4 is 16.4 Å². The number of nitrogens with two attached hydrogens (primary N) is 1. The fraction of sp³-hybridized carbons (Fsp3) is 0.500. The molecular weight excluding hydrogens is 476 g/mol. The van der Waals surface area contributed by atoms with Crippen molar-refractivity contribution in [2.24, 2.45) is 0 Å². The van der Waals surface area contributed by atoms with E-state index in [4.69, 9.17) is 10.8 Å². The Labute approximate surface area is 195 Å². The second-order valence-electron chi connectivity index (χ2n) is 7.62. The average molecular weight is 504 g/mol. The summed E-state index contributed by atoms with van der Waals surface area (Å²) in [7, 11) is -3.39. The number of aliphatic hydroxyl groups excluding tert-OH is 1. The molecule has 0 aliphatic carbocycles. The minimum absolute atomic E-state index is 0.0163. The highest BCUT2D eigenvalue weighted by Crippen LogP contribution is 2.30. The number of carbonyl (C=O) groups is 1. The van der Waals surface area contributed by atoms with Crippen LogP contribution in [0.4, 0.5) is 19.7 Å². The third kappa shape index (κ3) is 6.44. The molecule has 0 bridgehead atoms. The number of hydrogen-bond donors (Lipinski definition) is 4. The Morgan fingerprint density at radius 3 is 2.55 bits per heavy atom. The summed E-state index contributed by atoms with van der Waals surface area (Å²) >= 11 is 0.909. The third-order valence-corrected chi connectivity index (χ3v) is 8.15. The lowest BCUT2D eigenvalue weighted by atomic mass is 10.1. The number of halogens is 2. The number of nitrogens with one attached hydrogen (secondary N) is 2. The summed E-state index contributed by atoms with van der Waals surface area (Å²) in [5, 5.41) is 15.2. The Balaban J connectivity index is 1.56. The summed E-state index contributed by atoms with van der Waals surface area (Å²) < 4.78 is 54.3. The Bertz CT molecular complexity index is 1050. The molecular formula is C20H27F2N5O4S2. The molecule has 1 aliphatic heterocycles. The fourth-order valence-corrected chi connectivity index (χ4v) is 5.83. The fourth-order valence-electron chi connectivity index (χ4n) is 3.50. The molecule has 33 heavy (non-hydrogen) atoms. The summed E-state index contributed by atoms with van der Waals surface area (Å²) in [5.74, 6) is -2.96. The minimum atomic E-state index is -3.39. The van der Waals surface area contributed by atoms with E-state index in [0.29, 0.717) is 50.6 Å². The number of anilines is 2. The molecule has 0 saturated carbocycles. The lowest BCUT2D eigenvalue weighted by Gasteiger charge is -2.31. The van der Waals surface area contributed by atoms with E-state index in [2.05, 4.69) is 15.6 Å². The standard InChI is InChI=1S/C20H27F2N5O4S2/c21-14-3-1-4-15(22)16(14)17(29)18-19(23)26-20(32-18)25-13-5-9-27(10-6-13)33(30,31)12-8-24-7-2-11-28/h1,3-4,13,24,28H,2,5-12,23H2,(H,25,26). The summed E-state index contributed by atoms with van der Waals surface area (Å²) in [6, 6.07) is 3.09. The van der Waals surface area contributed by atoms with Crippen LogP contribution in [0, 0.1) is 11.6 Å². The van der Waals surface area contributed by atoms with Crippen molar-refractivity contribution in [2.45, 2.75) is 25.3 Å². The van der Waals surface area contributed by atoms with Gasteiger partial charge in [0.05, 0.1) is 11.3 Å². The van der Waals surface area contributed by atoms with E-state index in [1.165, 1.54) is 10.4 Å². The molecule has 0 radical (unpaired) electrons. The molecule has 0 spiro atoms. The molecule has 3 rings (SSSR count). The number of nitrogens with zero attached hydrogens (tertiary/aromatic N) is 2. The Kier molecular flexibility index (Phi) is 8.70. The van der Waals surface area contributed by atoms with Crippen molar-refractivity contribution in [1.82, 2.24) is 14.6 Å². The Morgan fingerprint density at radius 1 is 1.24 bits per heavy atom. The van der Waals surface area contributed by atoms with Crippen LogP contribution in [0.1, 0.15) is 34.5 Å². The van der Waals surface area contributed by atoms with Crippen molar-refractivity contribution < 1.29 is 27.1 Å². The molecule has 2 aromatic rings. The number of piperidine rings is 1. The van der Waals surface area contributed by atoms with Gasteiger partial charge in [0, 0.05) is 32.3 Å². The molecule has 182 valence electrons. The average Bonchev–Trinajstić information content (AvgIpc) is 3.13. The van der Waals surface area contributed by atoms with Crippen LogP contribution in [0.25, 0.3) is 0 Å². The van der Waals surface area contributed by atoms with Crippen molar-refractivity contribution in [3.05, 3.63) is 40.3 Å². The van der Waals surface area contributed by atoms with Crippen LogP contribution in [0.3, 0.4) is 0 Å². The number of thiazole rings is 1. The molecule has 0 amide bonds. The first-order valence-corrected chi connectivity index (χ1v) is 13.0. The van der Waals surface area contributed by atoms with Gasteiger partial charge in [-0.2, -0.15) is 0 Å². The monoisotopic (exact) mass is 503 g/mol. The van der Waals surface area contributed by atoms with E-state index < -0.39 is 33.0 Å². The molecule has 5 N–H and O–H groups in total. The highest BCUT2D eigenvalue weighted by Gasteiger charge is 2.29. The number of sulfonamides is 1. The van der Waals surface area contributed by atoms with E-state index in [1.807, 2.05) is 0 Å². The van der Waals surface area contributed by atoms with Gasteiger partial charge in [-0.1, -0.05) is 17.4 Å². The summed E-state index contributed by atoms with van der Waals surface area (Å²) in [6.45, 7) is 1.61. The lowest BCUT2D eigenvalue weighted by Crippen LogP contribution is -2.44. The van der Waals surface area contributed by atoms with Gasteiger partial charge in [-0.3, -0.25) is 4.79 Å². The predicted octanol–water partition coefficient (Wildman–Crippen LogP) is 1.41. The van der Waals surface area contributed by atoms with Gasteiger partial charge in [0.1, 0.15) is 22.3 Å². The number of ketones is 1. The van der Waals surface area contributed by atoms with Crippen LogP contribution >= 0.6 is 11.3 Å². The number of benzene rings is 1. The molecule has 0 unspecified atom stereocenters. The SMILES string of the molecule is Nc1nc(NC2CCN(S(=O)(=O)CCNCCCO)CC2)sc1C(=O)c1c(F)cccc1F. The maximum atomic E-state index is 14.0. The van der Waals surface area contributed by atoms with Crippen molar-refractivity contribution in [3.8, 4) is 0 Å². The topological polar surface area (TPSA) is 138 Å². The third-order valence-electron chi connectivity index (χ3n) is 5.27. The van der Waals surface area contributed by atoms with Gasteiger partial charge >= 0.3 is 0 Å². The number of rotatable bonds is 11. The van der Waals surface area contributed by atoms with E-state index in [9.17, 15) is 22.0 Å². The van der Waals surface area contributed by atoms with Crippen LogP contribution in [-0.2, 0) is 10.0 Å². The number of hydrogen-bond acceptors (Lipinski definition) is 9. The van der Waals surface area contributed by atoms with Crippen molar-refractivity contribution >= 4 is 38.1 Å². The zero-order valence-corrected chi connectivity index (χ0v) is 19.5. The van der Waals surface area contributed by atoms with Gasteiger partial charge in [0.15, 0.2) is 5.13 Å². The first-order chi connectivity index (χ1) is 15.7. The molecule has 1 fully saturated rings. The highest BCUT2D eigenvalue weighted by atomic mass is 32.2. The van der Waals surface area contributed by atoms with Crippen molar-refractivity contribution in [1.29, 1.82) is 0 Å². The quantitative estimate of drug-likeness (QED) is 0.267. The van der Waals surface area contributed by atoms with Crippen LogP contribution in [-0.4, -0.2) is 73.2 Å². The predicted molar refractivity (Wildman–Crippen MR) is 123 cm³/mol. The second-order valence-corrected chi connectivity index (χ2v) is 10.7. The molecule has 1 aromatic heterocycles. The number of aromatic nitrogens is 1. The van der Waals surface area contributed by atoms with Gasteiger partial charge in [0.25, 0.3) is 0 Å². The molecule has 1 saturated heterocycles. The first kappa shape index (κ1) is 25.4. The van der Waals surface area contributed by atoms with Gasteiger partial charge in [-0.25, -0.2) is 26.5 Å². The maximum absolute atomic E-state index is 14.0. The molecule has 0 atom stereocenters. The van der Waals surface area contributed by atoms with Gasteiger partial charge in [-0.05, 0) is 37.9 Å². The first-order valence-electron chi connectivity index (χ1n) is 10.5. The molecule has 13 heteroatoms. The van der Waals surface area contributed by atoms with E-state index in [1.54, 1.807) is 0 Å². The number of aliphatic hydroxyl groups is 1. The molecule has 1 aromatic carbocycles. The summed E-state index contributed by atoms with van der Waals surface area (Å²) in [4.78, 5) is 16.6. The van der Waals surface area contributed by atoms with Crippen LogP contribution in [0.5, 0.6) is 0 Å². The lowest BCUT2D eigenvalue weighted by molar-refractivity contribution is 0.103. The Morgan fingerprint density at radius 2 is 1.91 bits per heavy atom. The zero-order valence-electron chi connectivity index (χ0n) is 17.9. The molecule has 9 nitrogen and oxygen atoms in total. The Hall–Kier alpha value is -2.19. The van der Waals surface area contributed by atoms with Crippen molar-refractivity contribution in [2.75, 3.05) is 49.6 Å². The van der Waals surface area contributed by atoms with E-state index in [-0.39, 0.29) is 29.1 Å². The van der Waals surface area contributed by atoms with Gasteiger partial charge < -0.3 is 21.5 Å². The highest BCUT2D eigenvalue weighted by molar-refractivity contribution is 7.89. The van der Waals surface area contributed by atoms with E-state index in [0.717, 1.165) is 23.5 Å².